The average molecular weight is 403 g/mol. The minimum absolute atomic E-state index is 0.176. The summed E-state index contributed by atoms with van der Waals surface area (Å²) in [6, 6.07) is 11.7. The van der Waals surface area contributed by atoms with Gasteiger partial charge in [-0.05, 0) is 43.4 Å². The Labute approximate surface area is 171 Å². The predicted molar refractivity (Wildman–Crippen MR) is 115 cm³/mol. The molecule has 0 saturated carbocycles. The van der Waals surface area contributed by atoms with Gasteiger partial charge in [-0.25, -0.2) is 4.68 Å². The van der Waals surface area contributed by atoms with Gasteiger partial charge in [0, 0.05) is 26.3 Å². The first-order valence-electron chi connectivity index (χ1n) is 9.86. The highest BCUT2D eigenvalue weighted by molar-refractivity contribution is 7.98. The maximum Gasteiger partial charge on any atom is 0.259 e. The van der Waals surface area contributed by atoms with Gasteiger partial charge < -0.3 is 15.0 Å². The zero-order chi connectivity index (χ0) is 19.8. The van der Waals surface area contributed by atoms with Crippen LogP contribution in [0.3, 0.4) is 0 Å². The van der Waals surface area contributed by atoms with Gasteiger partial charge in [-0.1, -0.05) is 30.3 Å². The maximum absolute atomic E-state index is 12.8. The first-order valence-corrected chi connectivity index (χ1v) is 11.3. The van der Waals surface area contributed by atoms with Gasteiger partial charge >= 0.3 is 0 Å². The van der Waals surface area contributed by atoms with Crippen LogP contribution < -0.4 is 5.32 Å². The Morgan fingerprint density at radius 1 is 1.29 bits per heavy atom. The van der Waals surface area contributed by atoms with Crippen LogP contribution in [0.1, 0.15) is 37.0 Å². The fourth-order valence-corrected chi connectivity index (χ4v) is 4.16. The predicted octanol–water partition coefficient (Wildman–Crippen LogP) is 3.60. The number of hydrogen-bond acceptors (Lipinski definition) is 5. The molecule has 2 aromatic rings. The number of rotatable bonds is 9. The number of amides is 1. The highest BCUT2D eigenvalue weighted by atomic mass is 32.2. The first-order chi connectivity index (χ1) is 13.7. The summed E-state index contributed by atoms with van der Waals surface area (Å²) in [5.41, 5.74) is 0.840. The van der Waals surface area contributed by atoms with E-state index in [9.17, 15) is 4.79 Å². The summed E-state index contributed by atoms with van der Waals surface area (Å²) in [5, 5.41) is 7.50. The third kappa shape index (κ3) is 5.37. The van der Waals surface area contributed by atoms with E-state index in [2.05, 4.69) is 21.6 Å². The number of thioether (sulfide) groups is 1. The zero-order valence-electron chi connectivity index (χ0n) is 16.7. The van der Waals surface area contributed by atoms with Crippen molar-refractivity contribution in [1.82, 2.24) is 14.7 Å². The second-order valence-electron chi connectivity index (χ2n) is 7.10. The van der Waals surface area contributed by atoms with Gasteiger partial charge in [0.05, 0.1) is 12.2 Å². The molecule has 0 radical (unpaired) electrons. The Kier molecular flexibility index (Phi) is 7.94. The lowest BCUT2D eigenvalue weighted by atomic mass is 10.1. The van der Waals surface area contributed by atoms with Crippen LogP contribution >= 0.6 is 11.8 Å². The van der Waals surface area contributed by atoms with E-state index in [0.29, 0.717) is 6.04 Å². The molecule has 0 bridgehead atoms. The molecular weight excluding hydrogens is 372 g/mol. The van der Waals surface area contributed by atoms with Gasteiger partial charge in [-0.2, -0.15) is 16.9 Å². The highest BCUT2D eigenvalue weighted by Crippen LogP contribution is 2.26. The number of aromatic nitrogens is 2. The number of nitrogens with zero attached hydrogens (tertiary/aromatic N) is 3. The van der Waals surface area contributed by atoms with Crippen LogP contribution in [-0.2, 0) is 9.53 Å². The summed E-state index contributed by atoms with van der Waals surface area (Å²) < 4.78 is 7.41. The minimum atomic E-state index is -0.636. The molecule has 1 N–H and O–H groups in total. The maximum atomic E-state index is 12.8. The van der Waals surface area contributed by atoms with E-state index in [0.717, 1.165) is 37.3 Å². The molecule has 2 heterocycles. The number of hydrogen-bond donors (Lipinski definition) is 1. The van der Waals surface area contributed by atoms with E-state index in [1.54, 1.807) is 13.3 Å². The molecule has 1 atom stereocenters. The molecule has 1 saturated heterocycles. The lowest BCUT2D eigenvalue weighted by Crippen LogP contribution is -2.36. The number of carbonyl (C=O) groups is 1. The summed E-state index contributed by atoms with van der Waals surface area (Å²) >= 11 is 1.91. The molecule has 7 heteroatoms. The summed E-state index contributed by atoms with van der Waals surface area (Å²) in [5.74, 6) is 1.78. The van der Waals surface area contributed by atoms with Crippen LogP contribution in [0, 0.1) is 0 Å². The van der Waals surface area contributed by atoms with Gasteiger partial charge in [0.2, 0.25) is 0 Å². The van der Waals surface area contributed by atoms with E-state index in [4.69, 9.17) is 4.74 Å². The fraction of sp³-hybridized carbons (Fsp3) is 0.524. The van der Waals surface area contributed by atoms with Crippen molar-refractivity contribution in [3.05, 3.63) is 48.2 Å². The quantitative estimate of drug-likeness (QED) is 0.650. The molecule has 1 fully saturated rings. The second-order valence-corrected chi connectivity index (χ2v) is 8.08. The molecule has 1 aromatic carbocycles. The van der Waals surface area contributed by atoms with Crippen LogP contribution in [0.15, 0.2) is 42.6 Å². The number of nitrogens with one attached hydrogen (secondary N) is 1. The Bertz CT molecular complexity index is 729. The molecule has 1 aliphatic heterocycles. The molecule has 1 aliphatic rings. The summed E-state index contributed by atoms with van der Waals surface area (Å²) in [6.07, 6.45) is 6.62. The Hall–Kier alpha value is -1.83. The van der Waals surface area contributed by atoms with Crippen LogP contribution in [-0.4, -0.2) is 59.3 Å². The molecule has 152 valence electrons. The van der Waals surface area contributed by atoms with E-state index < -0.39 is 6.10 Å². The van der Waals surface area contributed by atoms with Crippen molar-refractivity contribution >= 4 is 23.5 Å². The smallest absolute Gasteiger partial charge is 0.259 e. The number of piperidine rings is 1. The summed E-state index contributed by atoms with van der Waals surface area (Å²) in [7, 11) is 1.56. The lowest BCUT2D eigenvalue weighted by molar-refractivity contribution is -0.126. The van der Waals surface area contributed by atoms with Crippen LogP contribution in [0.2, 0.25) is 0 Å². The van der Waals surface area contributed by atoms with Gasteiger partial charge in [0.15, 0.2) is 6.10 Å². The lowest BCUT2D eigenvalue weighted by Gasteiger charge is -2.32. The SMILES string of the molecule is CO[C@H](C(=O)Nc1ccnn1C1CCN(CCCSC)CC1)c1ccccc1. The van der Waals surface area contributed by atoms with Gasteiger partial charge in [-0.3, -0.25) is 4.79 Å². The number of anilines is 1. The first kappa shape index (κ1) is 20.9. The third-order valence-corrected chi connectivity index (χ3v) is 5.92. The molecule has 0 spiro atoms. The monoisotopic (exact) mass is 402 g/mol. The number of methoxy groups -OCH3 is 1. The summed E-state index contributed by atoms with van der Waals surface area (Å²) in [6.45, 7) is 3.33. The molecular formula is C21H30N4O2S. The van der Waals surface area contributed by atoms with Crippen molar-refractivity contribution in [3.63, 3.8) is 0 Å². The minimum Gasteiger partial charge on any atom is -0.367 e. The number of ether oxygens (including phenoxy) is 1. The topological polar surface area (TPSA) is 59.4 Å². The Balaban J connectivity index is 1.59. The molecule has 28 heavy (non-hydrogen) atoms. The van der Waals surface area contributed by atoms with Crippen molar-refractivity contribution in [3.8, 4) is 0 Å². The van der Waals surface area contributed by atoms with Crippen molar-refractivity contribution in [2.75, 3.05) is 44.1 Å². The molecule has 1 aromatic heterocycles. The number of benzene rings is 1. The van der Waals surface area contributed by atoms with Gasteiger partial charge in [0.1, 0.15) is 5.82 Å². The molecule has 1 amide bonds. The second kappa shape index (κ2) is 10.6. The highest BCUT2D eigenvalue weighted by Gasteiger charge is 2.25. The van der Waals surface area contributed by atoms with Crippen LogP contribution in [0.25, 0.3) is 0 Å². The van der Waals surface area contributed by atoms with Crippen molar-refractivity contribution < 1.29 is 9.53 Å². The normalized spacial score (nSPS) is 16.8. The van der Waals surface area contributed by atoms with Crippen LogP contribution in [0.5, 0.6) is 0 Å². The molecule has 6 nitrogen and oxygen atoms in total. The number of likely N-dealkylation sites (tertiary alicyclic amines) is 1. The number of carbonyl (C=O) groups excluding carboxylic acids is 1. The van der Waals surface area contributed by atoms with E-state index in [1.807, 2.05) is 52.8 Å². The van der Waals surface area contributed by atoms with E-state index in [-0.39, 0.29) is 5.91 Å². The molecule has 0 unspecified atom stereocenters. The average Bonchev–Trinajstić information content (AvgIpc) is 3.18. The summed E-state index contributed by atoms with van der Waals surface area (Å²) in [4.78, 5) is 15.3. The Morgan fingerprint density at radius 2 is 2.04 bits per heavy atom. The largest absolute Gasteiger partial charge is 0.367 e. The van der Waals surface area contributed by atoms with Crippen LogP contribution in [0.4, 0.5) is 5.82 Å². The molecule has 3 rings (SSSR count). The zero-order valence-corrected chi connectivity index (χ0v) is 17.5. The van der Waals surface area contributed by atoms with Crippen molar-refractivity contribution in [2.45, 2.75) is 31.4 Å². The van der Waals surface area contributed by atoms with Gasteiger partial charge in [0.25, 0.3) is 5.91 Å². The third-order valence-electron chi connectivity index (χ3n) is 5.22. The van der Waals surface area contributed by atoms with E-state index >= 15 is 0 Å². The van der Waals surface area contributed by atoms with Gasteiger partial charge in [-0.15, -0.1) is 0 Å². The fourth-order valence-electron chi connectivity index (χ4n) is 3.74. The molecule has 0 aliphatic carbocycles. The standard InChI is InChI=1S/C21H30N4O2S/c1-27-20(17-7-4-3-5-8-17)21(26)23-19-9-12-22-25(19)18-10-14-24(15-11-18)13-6-16-28-2/h3-5,7-9,12,18,20H,6,10-11,13-16H2,1-2H3,(H,23,26)/t20-/m0/s1. The Morgan fingerprint density at radius 3 is 2.71 bits per heavy atom. The van der Waals surface area contributed by atoms with E-state index in [1.165, 1.54) is 18.7 Å². The van der Waals surface area contributed by atoms with Crippen molar-refractivity contribution in [2.24, 2.45) is 0 Å². The van der Waals surface area contributed by atoms with Crippen molar-refractivity contribution in [1.29, 1.82) is 0 Å².